The summed E-state index contributed by atoms with van der Waals surface area (Å²) in [5.41, 5.74) is 1.82. The number of hydrogen-bond donors (Lipinski definition) is 0. The van der Waals surface area contributed by atoms with Gasteiger partial charge in [-0.25, -0.2) is 4.79 Å². The molecule has 1 aliphatic rings. The van der Waals surface area contributed by atoms with Crippen molar-refractivity contribution in [3.8, 4) is 11.5 Å². The van der Waals surface area contributed by atoms with E-state index < -0.39 is 11.9 Å². The fourth-order valence-corrected chi connectivity index (χ4v) is 2.81. The van der Waals surface area contributed by atoms with Crippen LogP contribution in [0.2, 0.25) is 0 Å². The number of nitrogens with zero attached hydrogens (tertiary/aromatic N) is 1. The van der Waals surface area contributed by atoms with Gasteiger partial charge in [-0.2, -0.15) is 0 Å². The van der Waals surface area contributed by atoms with Crippen molar-refractivity contribution in [1.82, 2.24) is 4.90 Å². The summed E-state index contributed by atoms with van der Waals surface area (Å²) in [7, 11) is 6.10. The van der Waals surface area contributed by atoms with Crippen LogP contribution in [-0.2, 0) is 14.3 Å². The van der Waals surface area contributed by atoms with Crippen molar-refractivity contribution in [3.63, 3.8) is 0 Å². The average Bonchev–Trinajstić information content (AvgIpc) is 2.58. The van der Waals surface area contributed by atoms with Gasteiger partial charge in [0.25, 0.3) is 0 Å². The van der Waals surface area contributed by atoms with E-state index in [4.69, 9.17) is 14.2 Å². The van der Waals surface area contributed by atoms with Crippen molar-refractivity contribution in [3.05, 3.63) is 35.0 Å². The summed E-state index contributed by atoms with van der Waals surface area (Å²) in [6.45, 7) is 1.74. The lowest BCUT2D eigenvalue weighted by Crippen LogP contribution is -2.35. The Labute approximate surface area is 135 Å². The largest absolute Gasteiger partial charge is 0.497 e. The summed E-state index contributed by atoms with van der Waals surface area (Å²) in [6, 6.07) is 5.34. The van der Waals surface area contributed by atoms with Gasteiger partial charge < -0.3 is 19.1 Å². The fraction of sp³-hybridized carbons (Fsp3) is 0.412. The number of rotatable bonds is 4. The van der Waals surface area contributed by atoms with E-state index in [1.165, 1.54) is 12.0 Å². The van der Waals surface area contributed by atoms with Gasteiger partial charge in [0.1, 0.15) is 11.5 Å². The normalized spacial score (nSPS) is 18.0. The third-order valence-electron chi connectivity index (χ3n) is 4.22. The van der Waals surface area contributed by atoms with E-state index in [1.807, 2.05) is 6.07 Å². The van der Waals surface area contributed by atoms with Gasteiger partial charge in [-0.1, -0.05) is 6.07 Å². The third-order valence-corrected chi connectivity index (χ3v) is 4.22. The summed E-state index contributed by atoms with van der Waals surface area (Å²) in [4.78, 5) is 26.0. The lowest BCUT2D eigenvalue weighted by molar-refractivity contribution is -0.137. The van der Waals surface area contributed by atoms with Crippen molar-refractivity contribution in [2.24, 2.45) is 0 Å². The number of carbonyl (C=O) groups excluding carboxylic acids is 2. The second-order valence-electron chi connectivity index (χ2n) is 5.31. The molecule has 0 spiro atoms. The minimum Gasteiger partial charge on any atom is -0.497 e. The first-order chi connectivity index (χ1) is 10.9. The van der Waals surface area contributed by atoms with Crippen LogP contribution in [0, 0.1) is 0 Å². The molecular formula is C17H21NO5. The van der Waals surface area contributed by atoms with E-state index in [0.717, 1.165) is 5.56 Å². The van der Waals surface area contributed by atoms with Gasteiger partial charge in [0.2, 0.25) is 5.91 Å². The SMILES string of the molecule is COC(=O)C1=C(C)N(C)C(=O)CC1c1ccc(OC)cc1OC. The number of methoxy groups -OCH3 is 3. The maximum atomic E-state index is 12.3. The number of allylic oxidation sites excluding steroid dienone is 1. The molecule has 0 N–H and O–H groups in total. The maximum Gasteiger partial charge on any atom is 0.336 e. The minimum absolute atomic E-state index is 0.0574. The molecular weight excluding hydrogens is 298 g/mol. The molecule has 0 bridgehead atoms. The van der Waals surface area contributed by atoms with Gasteiger partial charge in [0.05, 0.1) is 26.9 Å². The molecule has 1 amide bonds. The second kappa shape index (κ2) is 6.73. The van der Waals surface area contributed by atoms with E-state index in [9.17, 15) is 9.59 Å². The summed E-state index contributed by atoms with van der Waals surface area (Å²) in [5, 5.41) is 0. The number of carbonyl (C=O) groups is 2. The smallest absolute Gasteiger partial charge is 0.336 e. The van der Waals surface area contributed by atoms with Gasteiger partial charge in [-0.3, -0.25) is 4.79 Å². The van der Waals surface area contributed by atoms with Crippen LogP contribution in [0.4, 0.5) is 0 Å². The van der Waals surface area contributed by atoms with Gasteiger partial charge in [-0.05, 0) is 13.0 Å². The predicted molar refractivity (Wildman–Crippen MR) is 84.4 cm³/mol. The monoisotopic (exact) mass is 319 g/mol. The zero-order chi connectivity index (χ0) is 17.1. The highest BCUT2D eigenvalue weighted by molar-refractivity contribution is 5.95. The molecule has 1 aromatic carbocycles. The molecule has 2 rings (SSSR count). The Morgan fingerprint density at radius 2 is 1.91 bits per heavy atom. The second-order valence-corrected chi connectivity index (χ2v) is 5.31. The van der Waals surface area contributed by atoms with Crippen LogP contribution in [0.15, 0.2) is 29.5 Å². The van der Waals surface area contributed by atoms with Crippen LogP contribution >= 0.6 is 0 Å². The van der Waals surface area contributed by atoms with Crippen LogP contribution in [-0.4, -0.2) is 45.2 Å². The first-order valence-corrected chi connectivity index (χ1v) is 7.22. The zero-order valence-electron chi connectivity index (χ0n) is 14.0. The summed E-state index contributed by atoms with van der Waals surface area (Å²) < 4.78 is 15.5. The van der Waals surface area contributed by atoms with Crippen LogP contribution in [0.1, 0.15) is 24.8 Å². The molecule has 1 atom stereocenters. The zero-order valence-corrected chi connectivity index (χ0v) is 14.0. The summed E-state index contributed by atoms with van der Waals surface area (Å²) in [5.74, 6) is 0.306. The Morgan fingerprint density at radius 1 is 1.22 bits per heavy atom. The molecule has 124 valence electrons. The highest BCUT2D eigenvalue weighted by Gasteiger charge is 2.36. The van der Waals surface area contributed by atoms with Crippen LogP contribution in [0.25, 0.3) is 0 Å². The molecule has 1 heterocycles. The number of ether oxygens (including phenoxy) is 3. The Kier molecular flexibility index (Phi) is 4.93. The van der Waals surface area contributed by atoms with Crippen molar-refractivity contribution < 1.29 is 23.8 Å². The topological polar surface area (TPSA) is 65.1 Å². The fourth-order valence-electron chi connectivity index (χ4n) is 2.81. The predicted octanol–water partition coefficient (Wildman–Crippen LogP) is 2.10. The van der Waals surface area contributed by atoms with E-state index in [1.54, 1.807) is 40.3 Å². The molecule has 1 unspecified atom stereocenters. The van der Waals surface area contributed by atoms with Crippen LogP contribution in [0.3, 0.4) is 0 Å². The first kappa shape index (κ1) is 16.9. The molecule has 6 heteroatoms. The molecule has 1 aliphatic heterocycles. The Hall–Kier alpha value is -2.50. The van der Waals surface area contributed by atoms with Crippen molar-refractivity contribution in [1.29, 1.82) is 0 Å². The number of benzene rings is 1. The molecule has 23 heavy (non-hydrogen) atoms. The molecule has 1 aromatic rings. The molecule has 0 saturated heterocycles. The lowest BCUT2D eigenvalue weighted by Gasteiger charge is -2.32. The number of amides is 1. The summed E-state index contributed by atoms with van der Waals surface area (Å²) >= 11 is 0. The van der Waals surface area contributed by atoms with E-state index in [-0.39, 0.29) is 12.3 Å². The Balaban J connectivity index is 2.60. The highest BCUT2D eigenvalue weighted by atomic mass is 16.5. The van der Waals surface area contributed by atoms with Gasteiger partial charge in [-0.15, -0.1) is 0 Å². The van der Waals surface area contributed by atoms with Gasteiger partial charge in [0, 0.05) is 36.7 Å². The molecule has 0 aliphatic carbocycles. The van der Waals surface area contributed by atoms with Crippen LogP contribution < -0.4 is 9.47 Å². The van der Waals surface area contributed by atoms with E-state index >= 15 is 0 Å². The van der Waals surface area contributed by atoms with Crippen LogP contribution in [0.5, 0.6) is 11.5 Å². The highest BCUT2D eigenvalue weighted by Crippen LogP contribution is 2.41. The van der Waals surface area contributed by atoms with Crippen molar-refractivity contribution >= 4 is 11.9 Å². The minimum atomic E-state index is -0.440. The summed E-state index contributed by atoms with van der Waals surface area (Å²) in [6.07, 6.45) is 0.182. The Bertz CT molecular complexity index is 665. The van der Waals surface area contributed by atoms with Gasteiger partial charge >= 0.3 is 5.97 Å². The Morgan fingerprint density at radius 3 is 2.48 bits per heavy atom. The lowest BCUT2D eigenvalue weighted by atomic mass is 9.83. The van der Waals surface area contributed by atoms with E-state index in [0.29, 0.717) is 22.8 Å². The molecule has 0 radical (unpaired) electrons. The quantitative estimate of drug-likeness (QED) is 0.795. The van der Waals surface area contributed by atoms with Gasteiger partial charge in [0.15, 0.2) is 0 Å². The molecule has 0 saturated carbocycles. The molecule has 6 nitrogen and oxygen atoms in total. The third kappa shape index (κ3) is 3.02. The standard InChI is InChI=1S/C17H21NO5/c1-10-16(17(20)23-5)13(9-15(19)18(10)2)12-7-6-11(21-3)8-14(12)22-4/h6-8,13H,9H2,1-5H3. The van der Waals surface area contributed by atoms with Crippen molar-refractivity contribution in [2.45, 2.75) is 19.3 Å². The number of esters is 1. The maximum absolute atomic E-state index is 12.3. The molecule has 0 fully saturated rings. The van der Waals surface area contributed by atoms with E-state index in [2.05, 4.69) is 0 Å². The first-order valence-electron chi connectivity index (χ1n) is 7.22. The van der Waals surface area contributed by atoms with Crippen molar-refractivity contribution in [2.75, 3.05) is 28.4 Å². The average molecular weight is 319 g/mol. The molecule has 0 aromatic heterocycles. The number of hydrogen-bond acceptors (Lipinski definition) is 5.